The van der Waals surface area contributed by atoms with Crippen LogP contribution in [0.4, 0.5) is 5.13 Å². The highest BCUT2D eigenvalue weighted by Crippen LogP contribution is 2.33. The number of carbonyl (C=O) groups is 1. The maximum Gasteiger partial charge on any atom is 0.206 e. The van der Waals surface area contributed by atoms with Crippen molar-refractivity contribution in [1.29, 1.82) is 0 Å². The molecule has 0 radical (unpaired) electrons. The molecule has 2 aromatic rings. The molecule has 1 fully saturated rings. The average Bonchev–Trinajstić information content (AvgIpc) is 3.21. The zero-order valence-corrected chi connectivity index (χ0v) is 14.1. The summed E-state index contributed by atoms with van der Waals surface area (Å²) in [7, 11) is 1.64. The molecule has 5 nitrogen and oxygen atoms in total. The van der Waals surface area contributed by atoms with Crippen molar-refractivity contribution in [1.82, 2.24) is 10.2 Å². The molecule has 0 unspecified atom stereocenters. The van der Waals surface area contributed by atoms with Gasteiger partial charge in [-0.3, -0.25) is 4.79 Å². The number of ketones is 1. The minimum Gasteiger partial charge on any atom is -0.496 e. The van der Waals surface area contributed by atoms with E-state index in [-0.39, 0.29) is 5.78 Å². The summed E-state index contributed by atoms with van der Waals surface area (Å²) in [5, 5.41) is 12.6. The number of Topliss-reactive ketones (excluding diaryl/α,β-unsaturated/α-hetero) is 1. The van der Waals surface area contributed by atoms with Crippen molar-refractivity contribution in [3.63, 3.8) is 0 Å². The van der Waals surface area contributed by atoms with Gasteiger partial charge in [0, 0.05) is 22.9 Å². The Balaban J connectivity index is 1.67. The van der Waals surface area contributed by atoms with Crippen LogP contribution in [0.15, 0.2) is 22.5 Å². The Morgan fingerprint density at radius 3 is 2.95 bits per heavy atom. The Hall–Kier alpha value is -1.60. The van der Waals surface area contributed by atoms with E-state index in [0.717, 1.165) is 20.8 Å². The Morgan fingerprint density at radius 1 is 1.45 bits per heavy atom. The van der Waals surface area contributed by atoms with Crippen LogP contribution in [0, 0.1) is 0 Å². The molecule has 0 spiro atoms. The van der Waals surface area contributed by atoms with Gasteiger partial charge in [-0.15, -0.1) is 10.2 Å². The molecule has 22 heavy (non-hydrogen) atoms. The molecule has 1 saturated carbocycles. The lowest BCUT2D eigenvalue weighted by Gasteiger charge is -2.08. The number of benzene rings is 1. The quantitative estimate of drug-likeness (QED) is 0.616. The molecule has 116 valence electrons. The number of aromatic nitrogens is 2. The molecule has 0 atom stereocenters. The highest BCUT2D eigenvalue weighted by molar-refractivity contribution is 8.00. The Labute approximate surface area is 137 Å². The summed E-state index contributed by atoms with van der Waals surface area (Å²) < 4.78 is 6.28. The van der Waals surface area contributed by atoms with E-state index in [1.165, 1.54) is 12.8 Å². The van der Waals surface area contributed by atoms with Crippen LogP contribution in [0.2, 0.25) is 0 Å². The molecule has 1 N–H and O–H groups in total. The highest BCUT2D eigenvalue weighted by atomic mass is 32.2. The van der Waals surface area contributed by atoms with Crippen LogP contribution in [-0.4, -0.2) is 29.1 Å². The van der Waals surface area contributed by atoms with Gasteiger partial charge in [0.2, 0.25) is 5.13 Å². The number of ether oxygens (including phenoxy) is 1. The second-order valence-electron chi connectivity index (χ2n) is 5.16. The van der Waals surface area contributed by atoms with Crippen LogP contribution in [-0.2, 0) is 5.75 Å². The van der Waals surface area contributed by atoms with Crippen molar-refractivity contribution in [2.24, 2.45) is 0 Å². The van der Waals surface area contributed by atoms with Gasteiger partial charge in [-0.1, -0.05) is 23.1 Å². The van der Waals surface area contributed by atoms with Crippen molar-refractivity contribution in [2.45, 2.75) is 35.9 Å². The van der Waals surface area contributed by atoms with Gasteiger partial charge in [0.05, 0.1) is 7.11 Å². The average molecular weight is 335 g/mol. The van der Waals surface area contributed by atoms with Gasteiger partial charge in [-0.25, -0.2) is 0 Å². The van der Waals surface area contributed by atoms with Crippen molar-refractivity contribution < 1.29 is 9.53 Å². The minimum absolute atomic E-state index is 0.0562. The monoisotopic (exact) mass is 335 g/mol. The summed E-state index contributed by atoms with van der Waals surface area (Å²) in [5.41, 5.74) is 1.69. The Bertz CT molecular complexity index is 683. The van der Waals surface area contributed by atoms with Crippen LogP contribution in [0.25, 0.3) is 0 Å². The van der Waals surface area contributed by atoms with Gasteiger partial charge >= 0.3 is 0 Å². The Kier molecular flexibility index (Phi) is 4.63. The zero-order chi connectivity index (χ0) is 15.5. The first kappa shape index (κ1) is 15.3. The number of hydrogen-bond donors (Lipinski definition) is 1. The first-order valence-electron chi connectivity index (χ1n) is 7.06. The number of rotatable bonds is 7. The van der Waals surface area contributed by atoms with Crippen LogP contribution in [0.1, 0.15) is 35.7 Å². The molecule has 1 aromatic carbocycles. The number of methoxy groups -OCH3 is 1. The molecule has 0 amide bonds. The normalized spacial score (nSPS) is 13.9. The topological polar surface area (TPSA) is 64.1 Å². The third-order valence-electron chi connectivity index (χ3n) is 3.35. The van der Waals surface area contributed by atoms with E-state index in [0.29, 0.717) is 17.4 Å². The number of nitrogens with zero attached hydrogens (tertiary/aromatic N) is 2. The van der Waals surface area contributed by atoms with E-state index in [2.05, 4.69) is 15.5 Å². The molecule has 1 aliphatic carbocycles. The Morgan fingerprint density at radius 2 is 2.27 bits per heavy atom. The molecule has 3 rings (SSSR count). The van der Waals surface area contributed by atoms with Crippen molar-refractivity contribution in [3.05, 3.63) is 29.3 Å². The van der Waals surface area contributed by atoms with Crippen LogP contribution in [0.5, 0.6) is 5.75 Å². The molecule has 7 heteroatoms. The van der Waals surface area contributed by atoms with Crippen molar-refractivity contribution in [2.75, 3.05) is 12.4 Å². The highest BCUT2D eigenvalue weighted by Gasteiger charge is 2.22. The van der Waals surface area contributed by atoms with Crippen molar-refractivity contribution in [3.8, 4) is 5.75 Å². The summed E-state index contributed by atoms with van der Waals surface area (Å²) >= 11 is 3.17. The fraction of sp³-hybridized carbons (Fsp3) is 0.400. The molecule has 0 aliphatic heterocycles. The third-order valence-corrected chi connectivity index (χ3v) is 5.39. The SMILES string of the molecule is COc1ccc(C(C)=O)cc1CSc1nnc(NC2CC2)s1. The van der Waals surface area contributed by atoms with E-state index >= 15 is 0 Å². The third kappa shape index (κ3) is 3.78. The lowest BCUT2D eigenvalue weighted by atomic mass is 10.1. The van der Waals surface area contributed by atoms with E-state index in [1.54, 1.807) is 43.2 Å². The fourth-order valence-corrected chi connectivity index (χ4v) is 3.79. The number of hydrogen-bond acceptors (Lipinski definition) is 7. The number of thioether (sulfide) groups is 1. The molecular weight excluding hydrogens is 318 g/mol. The lowest BCUT2D eigenvalue weighted by Crippen LogP contribution is -1.99. The van der Waals surface area contributed by atoms with Gasteiger partial charge < -0.3 is 10.1 Å². The molecule has 1 aromatic heterocycles. The van der Waals surface area contributed by atoms with Crippen LogP contribution >= 0.6 is 23.1 Å². The number of anilines is 1. The van der Waals surface area contributed by atoms with Crippen LogP contribution < -0.4 is 10.1 Å². The fourth-order valence-electron chi connectivity index (χ4n) is 1.98. The second kappa shape index (κ2) is 6.66. The minimum atomic E-state index is 0.0562. The smallest absolute Gasteiger partial charge is 0.206 e. The zero-order valence-electron chi connectivity index (χ0n) is 12.5. The van der Waals surface area contributed by atoms with E-state index in [4.69, 9.17) is 4.74 Å². The molecule has 1 heterocycles. The van der Waals surface area contributed by atoms with Gasteiger partial charge in [0.1, 0.15) is 5.75 Å². The number of nitrogens with one attached hydrogen (secondary N) is 1. The predicted octanol–water partition coefficient (Wildman–Crippen LogP) is 3.62. The molecular formula is C15H17N3O2S2. The second-order valence-corrected chi connectivity index (χ2v) is 7.36. The first-order chi connectivity index (χ1) is 10.7. The summed E-state index contributed by atoms with van der Waals surface area (Å²) in [4.78, 5) is 11.5. The van der Waals surface area contributed by atoms with Gasteiger partial charge in [0.25, 0.3) is 0 Å². The van der Waals surface area contributed by atoms with Gasteiger partial charge in [-0.2, -0.15) is 0 Å². The van der Waals surface area contributed by atoms with Gasteiger partial charge in [-0.05, 0) is 38.0 Å². The largest absolute Gasteiger partial charge is 0.496 e. The summed E-state index contributed by atoms with van der Waals surface area (Å²) in [5.74, 6) is 1.54. The standard InChI is InChI=1S/C15H17N3O2S2/c1-9(19)10-3-6-13(20-2)11(7-10)8-21-15-18-17-14(22-15)16-12-4-5-12/h3,6-7,12H,4-5,8H2,1-2H3,(H,16,17). The summed E-state index contributed by atoms with van der Waals surface area (Å²) in [6.07, 6.45) is 2.44. The lowest BCUT2D eigenvalue weighted by molar-refractivity contribution is 0.101. The molecule has 0 saturated heterocycles. The van der Waals surface area contributed by atoms with Gasteiger partial charge in [0.15, 0.2) is 10.1 Å². The molecule has 1 aliphatic rings. The summed E-state index contributed by atoms with van der Waals surface area (Å²) in [6.45, 7) is 1.57. The first-order valence-corrected chi connectivity index (χ1v) is 8.86. The number of carbonyl (C=O) groups excluding carboxylic acids is 1. The van der Waals surface area contributed by atoms with Crippen molar-refractivity contribution >= 4 is 34.0 Å². The predicted molar refractivity (Wildman–Crippen MR) is 89.1 cm³/mol. The maximum atomic E-state index is 11.5. The van der Waals surface area contributed by atoms with E-state index < -0.39 is 0 Å². The maximum absolute atomic E-state index is 11.5. The molecule has 0 bridgehead atoms. The van der Waals surface area contributed by atoms with E-state index in [1.807, 2.05) is 12.1 Å². The summed E-state index contributed by atoms with van der Waals surface area (Å²) in [6, 6.07) is 6.10. The van der Waals surface area contributed by atoms with E-state index in [9.17, 15) is 4.79 Å². The van der Waals surface area contributed by atoms with Crippen LogP contribution in [0.3, 0.4) is 0 Å².